The summed E-state index contributed by atoms with van der Waals surface area (Å²) in [5.74, 6) is -1.27. The van der Waals surface area contributed by atoms with Gasteiger partial charge in [0.2, 0.25) is 5.91 Å². The molecule has 0 radical (unpaired) electrons. The molecule has 1 unspecified atom stereocenters. The van der Waals surface area contributed by atoms with Crippen LogP contribution in [0.1, 0.15) is 17.6 Å². The molecule has 0 fully saturated rings. The lowest BCUT2D eigenvalue weighted by Gasteiger charge is -2.25. The number of carbonyl (C=O) groups excluding carboxylic acids is 1. The van der Waals surface area contributed by atoms with Gasteiger partial charge in [0, 0.05) is 11.1 Å². The Balaban J connectivity index is 2.61. The van der Waals surface area contributed by atoms with E-state index >= 15 is 0 Å². The van der Waals surface area contributed by atoms with Crippen molar-refractivity contribution >= 4 is 17.2 Å². The van der Waals surface area contributed by atoms with Gasteiger partial charge < -0.3 is 11.1 Å². The number of carbonyl (C=O) groups is 1. The summed E-state index contributed by atoms with van der Waals surface area (Å²) < 4.78 is 37.2. The Hall–Kier alpha value is -1.15. The zero-order valence-corrected chi connectivity index (χ0v) is 10.1. The molecule has 0 aromatic carbocycles. The smallest absolute Gasteiger partial charge is 0.348 e. The number of hydrogen-bond acceptors (Lipinski definition) is 4. The highest BCUT2D eigenvalue weighted by Gasteiger charge is 2.53. The molecule has 0 saturated carbocycles. The number of thiazole rings is 1. The van der Waals surface area contributed by atoms with Gasteiger partial charge >= 0.3 is 6.18 Å². The van der Waals surface area contributed by atoms with Crippen LogP contribution in [-0.2, 0) is 11.3 Å². The monoisotopic (exact) mass is 267 g/mol. The number of rotatable bonds is 3. The summed E-state index contributed by atoms with van der Waals surface area (Å²) in [6.07, 6.45) is -4.78. The van der Waals surface area contributed by atoms with Crippen LogP contribution in [0.3, 0.4) is 0 Å². The summed E-state index contributed by atoms with van der Waals surface area (Å²) in [5, 5.41) is 4.40. The molecule has 1 aromatic rings. The number of halogens is 3. The SMILES string of the molecule is Cc1csc(CNC(=O)C(C)(N)C(F)(F)F)n1. The van der Waals surface area contributed by atoms with E-state index in [1.807, 2.05) is 0 Å². The van der Waals surface area contributed by atoms with E-state index in [9.17, 15) is 18.0 Å². The predicted molar refractivity (Wildman–Crippen MR) is 57.3 cm³/mol. The summed E-state index contributed by atoms with van der Waals surface area (Å²) in [7, 11) is 0. The first kappa shape index (κ1) is 13.9. The number of amides is 1. The van der Waals surface area contributed by atoms with Gasteiger partial charge in [-0.2, -0.15) is 13.2 Å². The summed E-state index contributed by atoms with van der Waals surface area (Å²) in [6.45, 7) is 2.33. The summed E-state index contributed by atoms with van der Waals surface area (Å²) >= 11 is 1.26. The Morgan fingerprint density at radius 2 is 2.18 bits per heavy atom. The molecule has 1 rings (SSSR count). The minimum atomic E-state index is -4.78. The largest absolute Gasteiger partial charge is 0.415 e. The van der Waals surface area contributed by atoms with Crippen molar-refractivity contribution in [2.45, 2.75) is 32.1 Å². The molecule has 17 heavy (non-hydrogen) atoms. The van der Waals surface area contributed by atoms with Crippen LogP contribution < -0.4 is 11.1 Å². The van der Waals surface area contributed by atoms with Crippen molar-refractivity contribution in [3.05, 3.63) is 16.1 Å². The molecule has 96 valence electrons. The number of hydrogen-bond donors (Lipinski definition) is 2. The second-order valence-corrected chi connectivity index (χ2v) is 4.71. The Labute approximate surface area is 100 Å². The first-order valence-electron chi connectivity index (χ1n) is 4.69. The van der Waals surface area contributed by atoms with Gasteiger partial charge in [0.05, 0.1) is 6.54 Å². The molecule has 1 amide bonds. The maximum atomic E-state index is 12.4. The van der Waals surface area contributed by atoms with E-state index in [-0.39, 0.29) is 6.54 Å². The molecule has 0 spiro atoms. The summed E-state index contributed by atoms with van der Waals surface area (Å²) in [6, 6.07) is 0. The second-order valence-electron chi connectivity index (χ2n) is 3.77. The zero-order valence-electron chi connectivity index (χ0n) is 9.26. The molecule has 0 aliphatic rings. The first-order valence-corrected chi connectivity index (χ1v) is 5.57. The Morgan fingerprint density at radius 1 is 1.59 bits per heavy atom. The van der Waals surface area contributed by atoms with Gasteiger partial charge in [-0.15, -0.1) is 11.3 Å². The highest BCUT2D eigenvalue weighted by molar-refractivity contribution is 7.09. The summed E-state index contributed by atoms with van der Waals surface area (Å²) in [4.78, 5) is 15.3. The Bertz CT molecular complexity index is 414. The quantitative estimate of drug-likeness (QED) is 0.868. The standard InChI is InChI=1S/C9H12F3N3OS/c1-5-4-17-6(15-5)3-14-7(16)8(2,13)9(10,11)12/h4H,3,13H2,1-2H3,(H,14,16). The lowest BCUT2D eigenvalue weighted by atomic mass is 10.0. The van der Waals surface area contributed by atoms with Gasteiger partial charge in [-0.1, -0.05) is 0 Å². The molecule has 0 aliphatic carbocycles. The van der Waals surface area contributed by atoms with E-state index in [0.29, 0.717) is 11.9 Å². The van der Waals surface area contributed by atoms with Crippen molar-refractivity contribution in [2.24, 2.45) is 5.73 Å². The van der Waals surface area contributed by atoms with Crippen molar-refractivity contribution in [3.8, 4) is 0 Å². The van der Waals surface area contributed by atoms with Crippen LogP contribution in [0, 0.1) is 6.92 Å². The minimum Gasteiger partial charge on any atom is -0.348 e. The minimum absolute atomic E-state index is 0.0553. The number of alkyl halides is 3. The highest BCUT2D eigenvalue weighted by Crippen LogP contribution is 2.28. The molecule has 0 saturated heterocycles. The van der Waals surface area contributed by atoms with E-state index in [4.69, 9.17) is 5.73 Å². The Morgan fingerprint density at radius 3 is 2.59 bits per heavy atom. The van der Waals surface area contributed by atoms with Gasteiger partial charge in [-0.3, -0.25) is 4.79 Å². The molecule has 1 heterocycles. The van der Waals surface area contributed by atoms with Crippen LogP contribution in [-0.4, -0.2) is 22.6 Å². The number of nitrogens with one attached hydrogen (secondary N) is 1. The van der Waals surface area contributed by atoms with Crippen LogP contribution in [0.4, 0.5) is 13.2 Å². The second kappa shape index (κ2) is 4.61. The molecule has 0 aliphatic heterocycles. The van der Waals surface area contributed by atoms with Gasteiger partial charge in [0.1, 0.15) is 5.01 Å². The van der Waals surface area contributed by atoms with Crippen LogP contribution in [0.5, 0.6) is 0 Å². The molecular formula is C9H12F3N3OS. The van der Waals surface area contributed by atoms with E-state index in [0.717, 1.165) is 5.69 Å². The van der Waals surface area contributed by atoms with Crippen LogP contribution >= 0.6 is 11.3 Å². The van der Waals surface area contributed by atoms with E-state index in [1.54, 1.807) is 12.3 Å². The van der Waals surface area contributed by atoms with Crippen molar-refractivity contribution in [2.75, 3.05) is 0 Å². The van der Waals surface area contributed by atoms with Crippen molar-refractivity contribution in [3.63, 3.8) is 0 Å². The molecule has 3 N–H and O–H groups in total. The fourth-order valence-electron chi connectivity index (χ4n) is 0.952. The molecule has 4 nitrogen and oxygen atoms in total. The van der Waals surface area contributed by atoms with Gasteiger partial charge in [-0.25, -0.2) is 4.98 Å². The molecule has 1 aromatic heterocycles. The molecule has 0 bridgehead atoms. The van der Waals surface area contributed by atoms with Gasteiger partial charge in [0.15, 0.2) is 5.54 Å². The van der Waals surface area contributed by atoms with Gasteiger partial charge in [0.25, 0.3) is 0 Å². The average Bonchev–Trinajstić information content (AvgIpc) is 2.58. The average molecular weight is 267 g/mol. The van der Waals surface area contributed by atoms with Crippen LogP contribution in [0.25, 0.3) is 0 Å². The Kier molecular flexibility index (Phi) is 3.78. The fraction of sp³-hybridized carbons (Fsp3) is 0.556. The zero-order chi connectivity index (χ0) is 13.3. The van der Waals surface area contributed by atoms with E-state index in [1.165, 1.54) is 11.3 Å². The topological polar surface area (TPSA) is 68.0 Å². The maximum Gasteiger partial charge on any atom is 0.415 e. The summed E-state index contributed by atoms with van der Waals surface area (Å²) in [5.41, 5.74) is 2.82. The van der Waals surface area contributed by atoms with Crippen LogP contribution in [0.15, 0.2) is 5.38 Å². The lowest BCUT2D eigenvalue weighted by Crippen LogP contribution is -2.61. The predicted octanol–water partition coefficient (Wildman–Crippen LogP) is 1.35. The fourth-order valence-corrected chi connectivity index (χ4v) is 1.66. The normalized spacial score (nSPS) is 15.4. The van der Waals surface area contributed by atoms with Crippen molar-refractivity contribution in [1.29, 1.82) is 0 Å². The van der Waals surface area contributed by atoms with Crippen molar-refractivity contribution in [1.82, 2.24) is 10.3 Å². The number of aryl methyl sites for hydroxylation is 1. The number of aromatic nitrogens is 1. The van der Waals surface area contributed by atoms with E-state index in [2.05, 4.69) is 10.3 Å². The number of nitrogens with two attached hydrogens (primary N) is 1. The van der Waals surface area contributed by atoms with Crippen LogP contribution in [0.2, 0.25) is 0 Å². The molecule has 8 heteroatoms. The maximum absolute atomic E-state index is 12.4. The van der Waals surface area contributed by atoms with Crippen molar-refractivity contribution < 1.29 is 18.0 Å². The highest BCUT2D eigenvalue weighted by atomic mass is 32.1. The molecule has 1 atom stereocenters. The van der Waals surface area contributed by atoms with Gasteiger partial charge in [-0.05, 0) is 13.8 Å². The molecular weight excluding hydrogens is 255 g/mol. The number of nitrogens with zero attached hydrogens (tertiary/aromatic N) is 1. The third-order valence-corrected chi connectivity index (χ3v) is 3.09. The third kappa shape index (κ3) is 3.16. The third-order valence-electron chi connectivity index (χ3n) is 2.13. The lowest BCUT2D eigenvalue weighted by molar-refractivity contribution is -0.187. The van der Waals surface area contributed by atoms with E-state index < -0.39 is 17.6 Å². The first-order chi connectivity index (χ1) is 7.64.